The summed E-state index contributed by atoms with van der Waals surface area (Å²) in [6, 6.07) is -0.730. The Morgan fingerprint density at radius 1 is 1.61 bits per heavy atom. The van der Waals surface area contributed by atoms with E-state index in [1.165, 1.54) is 13.3 Å². The Morgan fingerprint density at radius 2 is 2.22 bits per heavy atom. The molecule has 1 rings (SSSR count). The van der Waals surface area contributed by atoms with Crippen molar-refractivity contribution < 1.29 is 19.7 Å². The fourth-order valence-electron chi connectivity index (χ4n) is 1.56. The van der Waals surface area contributed by atoms with Gasteiger partial charge >= 0.3 is 5.97 Å². The second kappa shape index (κ2) is 7.15. The number of aromatic hydroxyl groups is 1. The number of aliphatic hydroxyl groups is 1. The van der Waals surface area contributed by atoms with Gasteiger partial charge in [0, 0.05) is 23.4 Å². The van der Waals surface area contributed by atoms with Crippen molar-refractivity contribution in [1.82, 2.24) is 4.98 Å². The molecule has 0 aromatic carbocycles. The number of pyridine rings is 1. The van der Waals surface area contributed by atoms with E-state index in [0.717, 1.165) is 0 Å². The molecule has 0 aliphatic rings. The summed E-state index contributed by atoms with van der Waals surface area (Å²) in [6.45, 7) is 1.32. The van der Waals surface area contributed by atoms with E-state index in [1.54, 1.807) is 6.92 Å². The van der Waals surface area contributed by atoms with Gasteiger partial charge < -0.3 is 20.7 Å². The topological polar surface area (TPSA) is 106 Å². The van der Waals surface area contributed by atoms with Crippen LogP contribution >= 0.6 is 12.4 Å². The Labute approximate surface area is 111 Å². The number of carbonyl (C=O) groups is 1. The van der Waals surface area contributed by atoms with Crippen LogP contribution in [0.4, 0.5) is 0 Å². The number of aliphatic hydroxyl groups excluding tert-OH is 1. The third-order valence-electron chi connectivity index (χ3n) is 2.51. The summed E-state index contributed by atoms with van der Waals surface area (Å²) in [5.74, 6) is -0.566. The van der Waals surface area contributed by atoms with E-state index >= 15 is 0 Å². The first-order chi connectivity index (χ1) is 8.01. The molecule has 0 aliphatic carbocycles. The van der Waals surface area contributed by atoms with Crippen LogP contribution in [0.5, 0.6) is 5.75 Å². The molecule has 18 heavy (non-hydrogen) atoms. The number of nitrogens with zero attached hydrogens (tertiary/aromatic N) is 1. The van der Waals surface area contributed by atoms with Crippen LogP contribution < -0.4 is 5.73 Å². The van der Waals surface area contributed by atoms with Gasteiger partial charge in [-0.1, -0.05) is 0 Å². The van der Waals surface area contributed by atoms with E-state index in [1.807, 2.05) is 0 Å². The molecule has 0 radical (unpaired) electrons. The van der Waals surface area contributed by atoms with E-state index in [2.05, 4.69) is 9.72 Å². The second-order valence-electron chi connectivity index (χ2n) is 3.68. The Balaban J connectivity index is 0.00000289. The third-order valence-corrected chi connectivity index (χ3v) is 2.51. The minimum absolute atomic E-state index is 0. The Kier molecular flexibility index (Phi) is 6.61. The third kappa shape index (κ3) is 3.56. The number of aryl methyl sites for hydroxylation is 1. The molecule has 0 spiro atoms. The molecule has 0 aliphatic heterocycles. The molecule has 4 N–H and O–H groups in total. The van der Waals surface area contributed by atoms with Crippen molar-refractivity contribution in [2.45, 2.75) is 26.0 Å². The zero-order valence-electron chi connectivity index (χ0n) is 10.2. The highest BCUT2D eigenvalue weighted by molar-refractivity contribution is 5.85. The van der Waals surface area contributed by atoms with Gasteiger partial charge in [0.2, 0.25) is 0 Å². The van der Waals surface area contributed by atoms with Gasteiger partial charge in [-0.3, -0.25) is 9.78 Å². The predicted octanol–water partition coefficient (Wildman–Crippen LogP) is 0.573. The zero-order chi connectivity index (χ0) is 13.0. The number of halogens is 1. The molecule has 0 amide bonds. The van der Waals surface area contributed by atoms with E-state index in [-0.39, 0.29) is 31.2 Å². The molecular formula is C11H17ClN2O4. The van der Waals surface area contributed by atoms with Gasteiger partial charge in [-0.2, -0.15) is 0 Å². The van der Waals surface area contributed by atoms with Crippen molar-refractivity contribution in [2.24, 2.45) is 5.73 Å². The number of esters is 1. The molecule has 1 aromatic rings. The van der Waals surface area contributed by atoms with Gasteiger partial charge in [0.1, 0.15) is 5.75 Å². The minimum Gasteiger partial charge on any atom is -0.506 e. The number of nitrogens with two attached hydrogens (primary N) is 1. The SMILES string of the molecule is COC(=O)C[C@H](N)c1c(CO)cnc(C)c1O.Cl. The van der Waals surface area contributed by atoms with Gasteiger partial charge in [-0.05, 0) is 6.92 Å². The normalized spacial score (nSPS) is 11.6. The van der Waals surface area contributed by atoms with Crippen LogP contribution in [0.25, 0.3) is 0 Å². The molecule has 1 heterocycles. The smallest absolute Gasteiger partial charge is 0.307 e. The average molecular weight is 277 g/mol. The molecule has 102 valence electrons. The van der Waals surface area contributed by atoms with Gasteiger partial charge in [-0.25, -0.2) is 0 Å². The predicted molar refractivity (Wildman–Crippen MR) is 67.4 cm³/mol. The summed E-state index contributed by atoms with van der Waals surface area (Å²) in [4.78, 5) is 15.0. The molecule has 0 saturated carbocycles. The number of ether oxygens (including phenoxy) is 1. The Bertz CT molecular complexity index is 426. The largest absolute Gasteiger partial charge is 0.506 e. The fraction of sp³-hybridized carbons (Fsp3) is 0.455. The number of rotatable bonds is 4. The lowest BCUT2D eigenvalue weighted by atomic mass is 9.98. The maximum atomic E-state index is 11.1. The van der Waals surface area contributed by atoms with Crippen LogP contribution in [0.15, 0.2) is 6.20 Å². The molecule has 1 atom stereocenters. The highest BCUT2D eigenvalue weighted by Gasteiger charge is 2.20. The van der Waals surface area contributed by atoms with Crippen LogP contribution in [-0.4, -0.2) is 28.3 Å². The summed E-state index contributed by atoms with van der Waals surface area (Å²) in [6.07, 6.45) is 1.36. The number of aromatic nitrogens is 1. The standard InChI is InChI=1S/C11H16N2O4.ClH/c1-6-11(16)10(7(5-14)4-13-6)8(12)3-9(15)17-2;/h4,8,14,16H,3,5,12H2,1-2H3;1H/t8-;/m0./s1. The number of hydrogen-bond acceptors (Lipinski definition) is 6. The number of hydrogen-bond donors (Lipinski definition) is 3. The van der Waals surface area contributed by atoms with E-state index in [4.69, 9.17) is 10.8 Å². The number of carbonyl (C=O) groups excluding carboxylic acids is 1. The lowest BCUT2D eigenvalue weighted by Gasteiger charge is -2.16. The highest BCUT2D eigenvalue weighted by Crippen LogP contribution is 2.30. The van der Waals surface area contributed by atoms with Crippen molar-refractivity contribution in [3.63, 3.8) is 0 Å². The molecule has 1 aromatic heterocycles. The van der Waals surface area contributed by atoms with Crippen molar-refractivity contribution in [2.75, 3.05) is 7.11 Å². The van der Waals surface area contributed by atoms with Crippen molar-refractivity contribution in [3.8, 4) is 5.75 Å². The van der Waals surface area contributed by atoms with Crippen LogP contribution in [0.1, 0.15) is 29.3 Å². The average Bonchev–Trinajstić information content (AvgIpc) is 2.31. The summed E-state index contributed by atoms with van der Waals surface area (Å²) in [7, 11) is 1.26. The van der Waals surface area contributed by atoms with Crippen LogP contribution in [0, 0.1) is 6.92 Å². The van der Waals surface area contributed by atoms with Crippen molar-refractivity contribution >= 4 is 18.4 Å². The summed E-state index contributed by atoms with van der Waals surface area (Å²) in [5.41, 5.74) is 6.96. The monoisotopic (exact) mass is 276 g/mol. The molecular weight excluding hydrogens is 260 g/mol. The molecule has 7 heteroatoms. The Hall–Kier alpha value is -1.37. The van der Waals surface area contributed by atoms with Crippen LogP contribution in [-0.2, 0) is 16.1 Å². The lowest BCUT2D eigenvalue weighted by Crippen LogP contribution is -2.18. The molecule has 0 unspecified atom stereocenters. The molecule has 6 nitrogen and oxygen atoms in total. The van der Waals surface area contributed by atoms with Gasteiger partial charge in [0.15, 0.2) is 0 Å². The molecule has 0 bridgehead atoms. The highest BCUT2D eigenvalue weighted by atomic mass is 35.5. The van der Waals surface area contributed by atoms with E-state index < -0.39 is 12.0 Å². The molecule has 0 fully saturated rings. The quantitative estimate of drug-likeness (QED) is 0.695. The van der Waals surface area contributed by atoms with Gasteiger partial charge in [0.25, 0.3) is 0 Å². The first-order valence-corrected chi connectivity index (χ1v) is 5.11. The van der Waals surface area contributed by atoms with Gasteiger partial charge in [-0.15, -0.1) is 12.4 Å². The minimum atomic E-state index is -0.730. The molecule has 0 saturated heterocycles. The van der Waals surface area contributed by atoms with Crippen LogP contribution in [0.3, 0.4) is 0 Å². The lowest BCUT2D eigenvalue weighted by molar-refractivity contribution is -0.141. The van der Waals surface area contributed by atoms with Crippen molar-refractivity contribution in [1.29, 1.82) is 0 Å². The first-order valence-electron chi connectivity index (χ1n) is 5.11. The second-order valence-corrected chi connectivity index (χ2v) is 3.68. The number of methoxy groups -OCH3 is 1. The summed E-state index contributed by atoms with van der Waals surface area (Å²) < 4.78 is 4.51. The maximum Gasteiger partial charge on any atom is 0.307 e. The Morgan fingerprint density at radius 3 is 2.72 bits per heavy atom. The summed E-state index contributed by atoms with van der Waals surface area (Å²) in [5, 5.41) is 19.0. The maximum absolute atomic E-state index is 11.1. The van der Waals surface area contributed by atoms with E-state index in [9.17, 15) is 9.90 Å². The van der Waals surface area contributed by atoms with Crippen LogP contribution in [0.2, 0.25) is 0 Å². The summed E-state index contributed by atoms with van der Waals surface area (Å²) >= 11 is 0. The first kappa shape index (κ1) is 16.6. The van der Waals surface area contributed by atoms with Crippen molar-refractivity contribution in [3.05, 3.63) is 23.0 Å². The zero-order valence-corrected chi connectivity index (χ0v) is 11.0. The van der Waals surface area contributed by atoms with Gasteiger partial charge in [0.05, 0.1) is 25.8 Å². The van der Waals surface area contributed by atoms with E-state index in [0.29, 0.717) is 16.8 Å². The fourth-order valence-corrected chi connectivity index (χ4v) is 1.56.